The van der Waals surface area contributed by atoms with Gasteiger partial charge in [-0.25, -0.2) is 4.68 Å². The molecular formula is C33H40ClN3O3. The summed E-state index contributed by atoms with van der Waals surface area (Å²) >= 11 is 6.42. The third kappa shape index (κ3) is 7.20. The molecule has 5 rings (SSSR count). The summed E-state index contributed by atoms with van der Waals surface area (Å²) in [5.74, 6) is 0.821. The van der Waals surface area contributed by atoms with Gasteiger partial charge in [0.25, 0.3) is 0 Å². The van der Waals surface area contributed by atoms with Crippen LogP contribution in [0.15, 0.2) is 42.5 Å². The summed E-state index contributed by atoms with van der Waals surface area (Å²) in [6, 6.07) is 14.5. The highest BCUT2D eigenvalue weighted by atomic mass is 35.5. The number of hydrogen-bond acceptors (Lipinski definition) is 5. The Labute approximate surface area is 242 Å². The van der Waals surface area contributed by atoms with Gasteiger partial charge in [0, 0.05) is 36.1 Å². The Hall–Kier alpha value is -2.99. The molecule has 2 aliphatic carbocycles. The number of esters is 1. The smallest absolute Gasteiger partial charge is 0.305 e. The van der Waals surface area contributed by atoms with Crippen LogP contribution in [-0.2, 0) is 27.2 Å². The van der Waals surface area contributed by atoms with E-state index in [2.05, 4.69) is 34.6 Å². The Bertz CT molecular complexity index is 1320. The fourth-order valence-electron chi connectivity index (χ4n) is 6.08. The van der Waals surface area contributed by atoms with E-state index in [-0.39, 0.29) is 36.9 Å². The zero-order chi connectivity index (χ0) is 28.1. The molecule has 0 N–H and O–H groups in total. The Morgan fingerprint density at radius 2 is 1.82 bits per heavy atom. The van der Waals surface area contributed by atoms with Crippen LogP contribution >= 0.6 is 11.6 Å². The second-order valence-corrected chi connectivity index (χ2v) is 12.1. The van der Waals surface area contributed by atoms with Crippen molar-refractivity contribution in [3.63, 3.8) is 0 Å². The van der Waals surface area contributed by atoms with E-state index in [0.717, 1.165) is 53.4 Å². The first-order valence-corrected chi connectivity index (χ1v) is 15.2. The third-order valence-corrected chi connectivity index (χ3v) is 8.93. The molecule has 40 heavy (non-hydrogen) atoms. The molecule has 0 radical (unpaired) electrons. The molecule has 212 valence electrons. The second-order valence-electron chi connectivity index (χ2n) is 11.7. The number of aromatic nitrogens is 3. The number of carbonyl (C=O) groups is 2. The first-order chi connectivity index (χ1) is 19.4. The van der Waals surface area contributed by atoms with Gasteiger partial charge in [0.1, 0.15) is 5.78 Å². The SMILES string of the molecule is COC(=O)CC[C@@H](CC(=O)Cc1ccc(C)cc1Cl)c1nnn(-c2ccc(CCC3CCCC3)cc2)c1C1CC1. The summed E-state index contributed by atoms with van der Waals surface area (Å²) in [7, 11) is 1.39. The van der Waals surface area contributed by atoms with Crippen molar-refractivity contribution in [3.05, 3.63) is 75.6 Å². The Morgan fingerprint density at radius 1 is 1.07 bits per heavy atom. The molecule has 0 spiro atoms. The van der Waals surface area contributed by atoms with Crippen molar-refractivity contribution >= 4 is 23.4 Å². The molecule has 2 aliphatic rings. The average molecular weight is 562 g/mol. The van der Waals surface area contributed by atoms with Crippen molar-refractivity contribution in [1.29, 1.82) is 0 Å². The lowest BCUT2D eigenvalue weighted by molar-refractivity contribution is -0.141. The number of benzene rings is 2. The topological polar surface area (TPSA) is 74.1 Å². The minimum atomic E-state index is -0.285. The van der Waals surface area contributed by atoms with Crippen molar-refractivity contribution < 1.29 is 14.3 Å². The van der Waals surface area contributed by atoms with Crippen LogP contribution in [0.3, 0.4) is 0 Å². The van der Waals surface area contributed by atoms with Crippen LogP contribution in [-0.4, -0.2) is 33.9 Å². The molecule has 1 aromatic heterocycles. The van der Waals surface area contributed by atoms with E-state index in [1.165, 1.54) is 44.8 Å². The van der Waals surface area contributed by atoms with Gasteiger partial charge in [-0.15, -0.1) is 5.10 Å². The van der Waals surface area contributed by atoms with Crippen molar-refractivity contribution in [2.24, 2.45) is 5.92 Å². The van der Waals surface area contributed by atoms with E-state index in [1.54, 1.807) is 0 Å². The molecule has 2 fully saturated rings. The normalized spacial score (nSPS) is 16.3. The highest BCUT2D eigenvalue weighted by molar-refractivity contribution is 6.31. The lowest BCUT2D eigenvalue weighted by Gasteiger charge is -2.16. The van der Waals surface area contributed by atoms with Gasteiger partial charge in [0.2, 0.25) is 0 Å². The molecule has 2 aromatic carbocycles. The van der Waals surface area contributed by atoms with Crippen LogP contribution in [0.1, 0.15) is 104 Å². The number of aryl methyl sites for hydroxylation is 2. The number of rotatable bonds is 13. The van der Waals surface area contributed by atoms with Gasteiger partial charge < -0.3 is 4.74 Å². The monoisotopic (exact) mass is 561 g/mol. The zero-order valence-corrected chi connectivity index (χ0v) is 24.5. The van der Waals surface area contributed by atoms with Crippen LogP contribution in [0.25, 0.3) is 5.69 Å². The minimum Gasteiger partial charge on any atom is -0.469 e. The summed E-state index contributed by atoms with van der Waals surface area (Å²) in [6.07, 6.45) is 11.3. The molecule has 0 bridgehead atoms. The number of Topliss-reactive ketones (excluding diaryl/α,β-unsaturated/α-hetero) is 1. The van der Waals surface area contributed by atoms with E-state index in [9.17, 15) is 9.59 Å². The molecule has 1 heterocycles. The molecule has 6 nitrogen and oxygen atoms in total. The summed E-state index contributed by atoms with van der Waals surface area (Å²) < 4.78 is 6.87. The number of halogens is 1. The lowest BCUT2D eigenvalue weighted by atomic mass is 9.89. The number of carbonyl (C=O) groups excluding carboxylic acids is 2. The quantitative estimate of drug-likeness (QED) is 0.202. The van der Waals surface area contributed by atoms with Crippen molar-refractivity contribution in [3.8, 4) is 5.69 Å². The highest BCUT2D eigenvalue weighted by Crippen LogP contribution is 2.45. The number of nitrogens with zero attached hydrogens (tertiary/aromatic N) is 3. The average Bonchev–Trinajstić information content (AvgIpc) is 3.47. The van der Waals surface area contributed by atoms with E-state index < -0.39 is 0 Å². The fraction of sp³-hybridized carbons (Fsp3) is 0.515. The van der Waals surface area contributed by atoms with Gasteiger partial charge in [-0.05, 0) is 79.8 Å². The molecule has 0 amide bonds. The van der Waals surface area contributed by atoms with E-state index >= 15 is 0 Å². The van der Waals surface area contributed by atoms with Crippen molar-refractivity contribution in [2.45, 2.75) is 95.8 Å². The van der Waals surface area contributed by atoms with E-state index in [0.29, 0.717) is 17.4 Å². The van der Waals surface area contributed by atoms with Crippen molar-refractivity contribution in [1.82, 2.24) is 15.0 Å². The third-order valence-electron chi connectivity index (χ3n) is 8.58. The summed E-state index contributed by atoms with van der Waals surface area (Å²) in [5, 5.41) is 9.84. The predicted molar refractivity (Wildman–Crippen MR) is 157 cm³/mol. The highest BCUT2D eigenvalue weighted by Gasteiger charge is 2.35. The number of hydrogen-bond donors (Lipinski definition) is 0. The maximum atomic E-state index is 13.3. The summed E-state index contributed by atoms with van der Waals surface area (Å²) in [6.45, 7) is 1.98. The van der Waals surface area contributed by atoms with Crippen LogP contribution < -0.4 is 0 Å². The Morgan fingerprint density at radius 3 is 2.50 bits per heavy atom. The molecule has 1 atom stereocenters. The van der Waals surface area contributed by atoms with Gasteiger partial charge in [-0.3, -0.25) is 9.59 Å². The molecule has 7 heteroatoms. The van der Waals surface area contributed by atoms with Crippen LogP contribution in [0.2, 0.25) is 5.02 Å². The molecule has 0 saturated heterocycles. The second kappa shape index (κ2) is 13.1. The zero-order valence-electron chi connectivity index (χ0n) is 23.7. The van der Waals surface area contributed by atoms with Gasteiger partial charge >= 0.3 is 5.97 Å². The minimum absolute atomic E-state index is 0.0727. The van der Waals surface area contributed by atoms with Crippen LogP contribution in [0.4, 0.5) is 0 Å². The number of methoxy groups -OCH3 is 1. The van der Waals surface area contributed by atoms with Gasteiger partial charge in [0.05, 0.1) is 24.2 Å². The van der Waals surface area contributed by atoms with Gasteiger partial charge in [-0.2, -0.15) is 0 Å². The maximum Gasteiger partial charge on any atom is 0.305 e. The standard InChI is InChI=1S/C33H40ClN3O3/c1-22-7-12-26(30(34)19-22)20-29(38)21-27(15-18-31(39)40-2)32-33(25-13-14-25)37(36-35-32)28-16-10-24(11-17-28)9-8-23-5-3-4-6-23/h7,10-12,16-17,19,23,25,27H,3-6,8-9,13-15,18,20-21H2,1-2H3/t27-/m0/s1. The molecule has 0 aliphatic heterocycles. The predicted octanol–water partition coefficient (Wildman–Crippen LogP) is 7.47. The number of ether oxygens (including phenoxy) is 1. The fourth-order valence-corrected chi connectivity index (χ4v) is 6.38. The van der Waals surface area contributed by atoms with Crippen LogP contribution in [0, 0.1) is 12.8 Å². The van der Waals surface area contributed by atoms with Gasteiger partial charge in [-0.1, -0.05) is 66.8 Å². The Kier molecular flexibility index (Phi) is 9.36. The van der Waals surface area contributed by atoms with E-state index in [4.69, 9.17) is 16.3 Å². The molecule has 2 saturated carbocycles. The van der Waals surface area contributed by atoms with Crippen LogP contribution in [0.5, 0.6) is 0 Å². The van der Waals surface area contributed by atoms with Gasteiger partial charge in [0.15, 0.2) is 0 Å². The summed E-state index contributed by atoms with van der Waals surface area (Å²) in [5.41, 5.74) is 6.15. The largest absolute Gasteiger partial charge is 0.469 e. The first kappa shape index (κ1) is 28.5. The first-order valence-electron chi connectivity index (χ1n) is 14.8. The number of ketones is 1. The van der Waals surface area contributed by atoms with Crippen molar-refractivity contribution in [2.75, 3.05) is 7.11 Å². The molecule has 3 aromatic rings. The summed E-state index contributed by atoms with van der Waals surface area (Å²) in [4.78, 5) is 25.3. The maximum absolute atomic E-state index is 13.3. The Balaban J connectivity index is 1.35. The molecule has 0 unspecified atom stereocenters. The lowest BCUT2D eigenvalue weighted by Crippen LogP contribution is -2.14. The molecular weight excluding hydrogens is 522 g/mol. The van der Waals surface area contributed by atoms with E-state index in [1.807, 2.05) is 29.8 Å².